The molecule has 6 heteroatoms. The van der Waals surface area contributed by atoms with Gasteiger partial charge in [-0.05, 0) is 37.6 Å². The van der Waals surface area contributed by atoms with E-state index in [9.17, 15) is 15.2 Å². The minimum atomic E-state index is -0.406. The van der Waals surface area contributed by atoms with Crippen LogP contribution in [0.15, 0.2) is 48.5 Å². The monoisotopic (exact) mass is 380 g/mol. The lowest BCUT2D eigenvalue weighted by atomic mass is 9.81. The molecule has 146 valence electrons. The van der Waals surface area contributed by atoms with Crippen LogP contribution in [-0.2, 0) is 5.41 Å². The van der Waals surface area contributed by atoms with Gasteiger partial charge in [-0.1, -0.05) is 12.1 Å². The van der Waals surface area contributed by atoms with E-state index >= 15 is 0 Å². The summed E-state index contributed by atoms with van der Waals surface area (Å²) in [6.45, 7) is 4.55. The van der Waals surface area contributed by atoms with E-state index in [1.54, 1.807) is 12.1 Å². The molecule has 0 fully saturated rings. The van der Waals surface area contributed by atoms with Crippen LogP contribution in [0.1, 0.15) is 25.0 Å². The smallest absolute Gasteiger partial charge is 0.270 e. The van der Waals surface area contributed by atoms with Gasteiger partial charge in [0.05, 0.1) is 10.3 Å². The predicted molar refractivity (Wildman–Crippen MR) is 113 cm³/mol. The lowest BCUT2D eigenvalue weighted by Gasteiger charge is -2.15. The Morgan fingerprint density at radius 1 is 1.14 bits per heavy atom. The number of benzene rings is 2. The first kappa shape index (κ1) is 19.8. The first-order valence-corrected chi connectivity index (χ1v) is 9.26. The third-order valence-electron chi connectivity index (χ3n) is 5.25. The minimum Gasteiger partial charge on any atom is -0.390 e. The van der Waals surface area contributed by atoms with Crippen molar-refractivity contribution < 1.29 is 14.6 Å². The number of non-ortho nitro benzene ring substituents is 1. The largest absolute Gasteiger partial charge is 0.390 e. The van der Waals surface area contributed by atoms with Crippen LogP contribution in [0.5, 0.6) is 0 Å². The average Bonchev–Trinajstić information content (AvgIpc) is 2.87. The van der Waals surface area contributed by atoms with Crippen molar-refractivity contribution in [1.29, 1.82) is 0 Å². The van der Waals surface area contributed by atoms with Crippen molar-refractivity contribution in [2.45, 2.75) is 19.3 Å². The predicted octanol–water partition coefficient (Wildman–Crippen LogP) is 3.74. The number of nitro benzene ring substituents is 1. The maximum atomic E-state index is 11.2. The fourth-order valence-electron chi connectivity index (χ4n) is 3.68. The van der Waals surface area contributed by atoms with Crippen LogP contribution in [0, 0.1) is 10.1 Å². The molecule has 0 atom stereocenters. The maximum Gasteiger partial charge on any atom is 0.270 e. The molecule has 0 bridgehead atoms. The van der Waals surface area contributed by atoms with Crippen molar-refractivity contribution in [1.82, 2.24) is 0 Å². The number of hydrogen-bond acceptors (Lipinski definition) is 4. The van der Waals surface area contributed by atoms with Gasteiger partial charge < -0.3 is 10.0 Å². The molecule has 0 amide bonds. The summed E-state index contributed by atoms with van der Waals surface area (Å²) in [5.41, 5.74) is 4.70. The highest BCUT2D eigenvalue weighted by Gasteiger charge is 2.45. The van der Waals surface area contributed by atoms with Crippen molar-refractivity contribution in [2.24, 2.45) is 0 Å². The molecule has 1 heterocycles. The summed E-state index contributed by atoms with van der Waals surface area (Å²) in [6.07, 6.45) is 4.09. The molecule has 2 aromatic rings. The highest BCUT2D eigenvalue weighted by molar-refractivity contribution is 6.05. The quantitative estimate of drug-likeness (QED) is 0.471. The zero-order valence-corrected chi connectivity index (χ0v) is 16.7. The summed E-state index contributed by atoms with van der Waals surface area (Å²) < 4.78 is 2.05. The summed E-state index contributed by atoms with van der Waals surface area (Å²) in [6, 6.07) is 13.2. The van der Waals surface area contributed by atoms with Crippen LogP contribution >= 0.6 is 0 Å². The molecule has 0 aliphatic carbocycles. The van der Waals surface area contributed by atoms with E-state index in [4.69, 9.17) is 0 Å². The van der Waals surface area contributed by atoms with Gasteiger partial charge in [0.1, 0.15) is 6.61 Å². The van der Waals surface area contributed by atoms with E-state index in [2.05, 4.69) is 43.0 Å². The lowest BCUT2D eigenvalue weighted by Crippen LogP contribution is -2.28. The highest BCUT2D eigenvalue weighted by atomic mass is 16.6. The first-order valence-electron chi connectivity index (χ1n) is 9.26. The molecule has 6 nitrogen and oxygen atoms in total. The fourth-order valence-corrected chi connectivity index (χ4v) is 3.68. The topological polar surface area (TPSA) is 69.6 Å². The molecule has 0 unspecified atom stereocenters. The zero-order chi connectivity index (χ0) is 20.5. The third kappa shape index (κ3) is 3.55. The Kier molecular flexibility index (Phi) is 5.34. The van der Waals surface area contributed by atoms with Crippen LogP contribution in [-0.4, -0.2) is 47.6 Å². The Labute approximate surface area is 165 Å². The first-order chi connectivity index (χ1) is 13.3. The van der Waals surface area contributed by atoms with E-state index in [1.807, 2.05) is 30.8 Å². The lowest BCUT2D eigenvalue weighted by molar-refractivity contribution is -0.441. The summed E-state index contributed by atoms with van der Waals surface area (Å²) in [5, 5.41) is 20.8. The number of anilines is 1. The van der Waals surface area contributed by atoms with E-state index in [-0.39, 0.29) is 17.2 Å². The average molecular weight is 380 g/mol. The van der Waals surface area contributed by atoms with Gasteiger partial charge in [0.15, 0.2) is 12.3 Å². The molecule has 0 saturated carbocycles. The van der Waals surface area contributed by atoms with E-state index < -0.39 is 5.41 Å². The van der Waals surface area contributed by atoms with Crippen molar-refractivity contribution >= 4 is 28.8 Å². The Morgan fingerprint density at radius 2 is 1.82 bits per heavy atom. The number of hydrogen-bond donors (Lipinski definition) is 1. The van der Waals surface area contributed by atoms with E-state index in [0.717, 1.165) is 28.2 Å². The van der Waals surface area contributed by atoms with Gasteiger partial charge in [0.25, 0.3) is 5.69 Å². The SMILES string of the molecule is CN(C)c1ccc(/C=C/C2=[N+](CCO)c3ccc([N+](=O)[O-])cc3C2(C)C)cc1. The second-order valence-electron chi connectivity index (χ2n) is 7.66. The molecule has 0 radical (unpaired) electrons. The molecule has 0 spiro atoms. The summed E-state index contributed by atoms with van der Waals surface area (Å²) >= 11 is 0. The normalized spacial score (nSPS) is 15.2. The molecular formula is C22H26N3O3+. The van der Waals surface area contributed by atoms with Crippen molar-refractivity contribution in [3.8, 4) is 0 Å². The molecular weight excluding hydrogens is 354 g/mol. The van der Waals surface area contributed by atoms with Crippen molar-refractivity contribution in [3.05, 3.63) is 69.8 Å². The Balaban J connectivity index is 2.02. The van der Waals surface area contributed by atoms with Gasteiger partial charge in [-0.2, -0.15) is 4.58 Å². The number of rotatable bonds is 6. The Hall–Kier alpha value is -2.99. The summed E-state index contributed by atoms with van der Waals surface area (Å²) in [5.74, 6) is 0. The number of nitrogens with zero attached hydrogens (tertiary/aromatic N) is 3. The number of aliphatic hydroxyl groups excluding tert-OH is 1. The fraction of sp³-hybridized carbons (Fsp3) is 0.318. The molecule has 1 aliphatic rings. The standard InChI is InChI=1S/C22H26N3O3/c1-22(2)19-15-18(25(27)28)10-11-20(19)24(13-14-26)21(22)12-7-16-5-8-17(9-6-16)23(3)4/h5-12,15,26H,13-14H2,1-4H3/q+1. The number of aliphatic hydroxyl groups is 1. The second kappa shape index (κ2) is 7.56. The van der Waals surface area contributed by atoms with Gasteiger partial charge in [0, 0.05) is 49.6 Å². The molecule has 28 heavy (non-hydrogen) atoms. The molecule has 0 saturated heterocycles. The summed E-state index contributed by atoms with van der Waals surface area (Å²) in [4.78, 5) is 12.9. The summed E-state index contributed by atoms with van der Waals surface area (Å²) in [7, 11) is 4.01. The minimum absolute atomic E-state index is 0.00137. The number of fused-ring (bicyclic) bond motifs is 1. The van der Waals surface area contributed by atoms with Gasteiger partial charge >= 0.3 is 0 Å². The van der Waals surface area contributed by atoms with Crippen LogP contribution in [0.2, 0.25) is 0 Å². The Morgan fingerprint density at radius 3 is 2.39 bits per heavy atom. The van der Waals surface area contributed by atoms with Gasteiger partial charge in [-0.15, -0.1) is 0 Å². The van der Waals surface area contributed by atoms with Gasteiger partial charge in [0.2, 0.25) is 5.69 Å². The molecule has 2 aromatic carbocycles. The zero-order valence-electron chi connectivity index (χ0n) is 16.7. The van der Waals surface area contributed by atoms with E-state index in [0.29, 0.717) is 6.54 Å². The van der Waals surface area contributed by atoms with Gasteiger partial charge in [-0.3, -0.25) is 10.1 Å². The van der Waals surface area contributed by atoms with E-state index in [1.165, 1.54) is 6.07 Å². The molecule has 0 aromatic heterocycles. The number of allylic oxidation sites excluding steroid dienone is 1. The van der Waals surface area contributed by atoms with Crippen LogP contribution in [0.25, 0.3) is 6.08 Å². The van der Waals surface area contributed by atoms with Crippen LogP contribution in [0.4, 0.5) is 17.1 Å². The molecule has 1 N–H and O–H groups in total. The Bertz CT molecular complexity index is 957. The maximum absolute atomic E-state index is 11.2. The molecule has 1 aliphatic heterocycles. The van der Waals surface area contributed by atoms with Crippen LogP contribution < -0.4 is 4.90 Å². The van der Waals surface area contributed by atoms with Crippen LogP contribution in [0.3, 0.4) is 0 Å². The number of β-amino-alcohol motifs (C(OH)–C–C–N with tert-alkyl or cyclic N) is 1. The second-order valence-corrected chi connectivity index (χ2v) is 7.66. The molecule has 3 rings (SSSR count). The number of nitro groups is 1. The highest BCUT2D eigenvalue weighted by Crippen LogP contribution is 2.41. The van der Waals surface area contributed by atoms with Gasteiger partial charge in [-0.25, -0.2) is 0 Å². The van der Waals surface area contributed by atoms with Crippen molar-refractivity contribution in [2.75, 3.05) is 32.1 Å². The van der Waals surface area contributed by atoms with Crippen molar-refractivity contribution in [3.63, 3.8) is 0 Å². The third-order valence-corrected chi connectivity index (χ3v) is 5.25.